The molecule has 0 aromatic heterocycles. The van der Waals surface area contributed by atoms with Gasteiger partial charge in [0.15, 0.2) is 0 Å². The lowest BCUT2D eigenvalue weighted by Crippen LogP contribution is -2.49. The van der Waals surface area contributed by atoms with Gasteiger partial charge in [0, 0.05) is 43.2 Å². The van der Waals surface area contributed by atoms with Crippen molar-refractivity contribution >= 4 is 17.5 Å². The van der Waals surface area contributed by atoms with Gasteiger partial charge in [-0.1, -0.05) is 35.9 Å². The minimum atomic E-state index is 0.217. The summed E-state index contributed by atoms with van der Waals surface area (Å²) >= 11 is 5.91. The predicted octanol–water partition coefficient (Wildman–Crippen LogP) is 3.14. The van der Waals surface area contributed by atoms with Gasteiger partial charge in [0.05, 0.1) is 6.54 Å². The minimum absolute atomic E-state index is 0.217. The van der Waals surface area contributed by atoms with E-state index in [0.29, 0.717) is 25.1 Å². The molecule has 4 rings (SSSR count). The number of likely N-dealkylation sites (N-methyl/N-ethyl adjacent to an activating group) is 1. The number of halogens is 1. The first-order valence-corrected chi connectivity index (χ1v) is 10.6. The zero-order chi connectivity index (χ0) is 20.2. The van der Waals surface area contributed by atoms with Gasteiger partial charge in [0.2, 0.25) is 5.91 Å². The quantitative estimate of drug-likeness (QED) is 0.757. The second-order valence-corrected chi connectivity index (χ2v) is 8.43. The van der Waals surface area contributed by atoms with Gasteiger partial charge in [0.1, 0.15) is 12.4 Å². The molecule has 2 atom stereocenters. The van der Waals surface area contributed by atoms with Gasteiger partial charge >= 0.3 is 0 Å². The molecule has 0 bridgehead atoms. The predicted molar refractivity (Wildman–Crippen MR) is 115 cm³/mol. The van der Waals surface area contributed by atoms with E-state index in [2.05, 4.69) is 29.4 Å². The van der Waals surface area contributed by atoms with Crippen LogP contribution in [0.15, 0.2) is 48.5 Å². The van der Waals surface area contributed by atoms with Gasteiger partial charge in [-0.2, -0.15) is 0 Å². The summed E-state index contributed by atoms with van der Waals surface area (Å²) in [5, 5.41) is 4.16. The minimum Gasteiger partial charge on any atom is -0.489 e. The molecule has 1 heterocycles. The maximum absolute atomic E-state index is 12.4. The van der Waals surface area contributed by atoms with Crippen molar-refractivity contribution in [3.05, 3.63) is 64.7 Å². The van der Waals surface area contributed by atoms with Crippen LogP contribution in [0.3, 0.4) is 0 Å². The average molecular weight is 414 g/mol. The zero-order valence-corrected chi connectivity index (χ0v) is 17.6. The molecule has 0 radical (unpaired) electrons. The van der Waals surface area contributed by atoms with E-state index in [1.54, 1.807) is 0 Å². The molecule has 1 amide bonds. The molecule has 0 spiro atoms. The summed E-state index contributed by atoms with van der Waals surface area (Å²) in [4.78, 5) is 16.6. The Morgan fingerprint density at radius 2 is 1.76 bits per heavy atom. The molecule has 2 fully saturated rings. The van der Waals surface area contributed by atoms with E-state index in [1.807, 2.05) is 41.3 Å². The molecular weight excluding hydrogens is 386 g/mol. The molecule has 2 aromatic rings. The van der Waals surface area contributed by atoms with Crippen LogP contribution in [0, 0.1) is 0 Å². The fourth-order valence-corrected chi connectivity index (χ4v) is 3.86. The van der Waals surface area contributed by atoms with Gasteiger partial charge in [-0.25, -0.2) is 0 Å². The highest BCUT2D eigenvalue weighted by atomic mass is 35.5. The van der Waals surface area contributed by atoms with Crippen LogP contribution in [0.25, 0.3) is 0 Å². The van der Waals surface area contributed by atoms with E-state index >= 15 is 0 Å². The fourth-order valence-electron chi connectivity index (χ4n) is 3.73. The monoisotopic (exact) mass is 413 g/mol. The van der Waals surface area contributed by atoms with E-state index < -0.39 is 0 Å². The molecule has 1 aliphatic heterocycles. The number of piperazine rings is 1. The van der Waals surface area contributed by atoms with E-state index in [9.17, 15) is 4.79 Å². The number of ether oxygens (including phenoxy) is 1. The Morgan fingerprint density at radius 1 is 1.07 bits per heavy atom. The van der Waals surface area contributed by atoms with Gasteiger partial charge < -0.3 is 19.9 Å². The molecule has 1 N–H and O–H groups in total. The molecule has 29 heavy (non-hydrogen) atoms. The maximum atomic E-state index is 12.4. The number of rotatable bonds is 7. The lowest BCUT2D eigenvalue weighted by Gasteiger charge is -2.32. The maximum Gasteiger partial charge on any atom is 0.236 e. The van der Waals surface area contributed by atoms with Crippen molar-refractivity contribution in [3.8, 4) is 5.75 Å². The fraction of sp³-hybridized carbons (Fsp3) is 0.435. The number of nitrogens with one attached hydrogen (secondary N) is 1. The van der Waals surface area contributed by atoms with Crippen LogP contribution in [0.1, 0.15) is 23.5 Å². The van der Waals surface area contributed by atoms with Crippen LogP contribution in [-0.4, -0.2) is 61.5 Å². The third kappa shape index (κ3) is 5.50. The Balaban J connectivity index is 1.20. The zero-order valence-electron chi connectivity index (χ0n) is 16.8. The Morgan fingerprint density at radius 3 is 2.45 bits per heavy atom. The summed E-state index contributed by atoms with van der Waals surface area (Å²) in [7, 11) is 2.10. The van der Waals surface area contributed by atoms with Crippen molar-refractivity contribution < 1.29 is 9.53 Å². The standard InChI is InChI=1S/C23H28ClN3O2/c1-26-10-12-27(13-11-26)23(28)15-25-22-14-21(22)18-4-8-20(9-5-18)29-16-17-2-6-19(24)7-3-17/h2-9,21-22,25H,10-16H2,1H3. The smallest absolute Gasteiger partial charge is 0.236 e. The Hall–Kier alpha value is -2.08. The number of hydrogen-bond donors (Lipinski definition) is 1. The lowest BCUT2D eigenvalue weighted by atomic mass is 10.1. The van der Waals surface area contributed by atoms with E-state index in [0.717, 1.165) is 48.9 Å². The van der Waals surface area contributed by atoms with Gasteiger partial charge in [-0.05, 0) is 48.9 Å². The first-order chi connectivity index (χ1) is 14.1. The highest BCUT2D eigenvalue weighted by Gasteiger charge is 2.38. The summed E-state index contributed by atoms with van der Waals surface area (Å²) < 4.78 is 5.86. The van der Waals surface area contributed by atoms with Crippen molar-refractivity contribution in [2.24, 2.45) is 0 Å². The number of hydrogen-bond acceptors (Lipinski definition) is 4. The summed E-state index contributed by atoms with van der Waals surface area (Å²) in [5.41, 5.74) is 2.39. The number of nitrogens with zero attached hydrogens (tertiary/aromatic N) is 2. The van der Waals surface area contributed by atoms with Crippen molar-refractivity contribution in [2.75, 3.05) is 39.8 Å². The van der Waals surface area contributed by atoms with Crippen molar-refractivity contribution in [2.45, 2.75) is 25.0 Å². The molecule has 2 aromatic carbocycles. The molecule has 1 saturated carbocycles. The summed E-state index contributed by atoms with van der Waals surface area (Å²) in [6.07, 6.45) is 1.08. The highest BCUT2D eigenvalue weighted by Crippen LogP contribution is 2.41. The van der Waals surface area contributed by atoms with Gasteiger partial charge in [-0.15, -0.1) is 0 Å². The summed E-state index contributed by atoms with van der Waals surface area (Å²) in [6.45, 7) is 4.56. The molecule has 6 heteroatoms. The van der Waals surface area contributed by atoms with E-state index in [4.69, 9.17) is 16.3 Å². The number of benzene rings is 2. The summed E-state index contributed by atoms with van der Waals surface area (Å²) in [5.74, 6) is 1.56. The molecule has 2 unspecified atom stereocenters. The topological polar surface area (TPSA) is 44.8 Å². The number of carbonyl (C=O) groups is 1. The largest absolute Gasteiger partial charge is 0.489 e. The SMILES string of the molecule is CN1CCN(C(=O)CNC2CC2c2ccc(OCc3ccc(Cl)cc3)cc2)CC1. The average Bonchev–Trinajstić information content (AvgIpc) is 3.52. The third-order valence-corrected chi connectivity index (χ3v) is 6.04. The molecule has 1 saturated heterocycles. The highest BCUT2D eigenvalue weighted by molar-refractivity contribution is 6.30. The molecule has 1 aliphatic carbocycles. The number of amides is 1. The van der Waals surface area contributed by atoms with E-state index in [1.165, 1.54) is 5.56 Å². The Labute approximate surface area is 177 Å². The van der Waals surface area contributed by atoms with Crippen molar-refractivity contribution in [3.63, 3.8) is 0 Å². The Bertz CT molecular complexity index is 817. The van der Waals surface area contributed by atoms with Gasteiger partial charge in [0.25, 0.3) is 0 Å². The van der Waals surface area contributed by atoms with Crippen molar-refractivity contribution in [1.82, 2.24) is 15.1 Å². The van der Waals surface area contributed by atoms with E-state index in [-0.39, 0.29) is 5.91 Å². The first kappa shape index (κ1) is 20.2. The van der Waals surface area contributed by atoms with Crippen LogP contribution < -0.4 is 10.1 Å². The second-order valence-electron chi connectivity index (χ2n) is 8.00. The third-order valence-electron chi connectivity index (χ3n) is 5.79. The van der Waals surface area contributed by atoms with Crippen LogP contribution >= 0.6 is 11.6 Å². The van der Waals surface area contributed by atoms with Crippen LogP contribution in [0.5, 0.6) is 5.75 Å². The molecular formula is C23H28ClN3O2. The van der Waals surface area contributed by atoms with Crippen LogP contribution in [-0.2, 0) is 11.4 Å². The van der Waals surface area contributed by atoms with Gasteiger partial charge in [-0.3, -0.25) is 4.79 Å². The Kier molecular flexibility index (Phi) is 6.38. The number of carbonyl (C=O) groups excluding carboxylic acids is 1. The molecule has 5 nitrogen and oxygen atoms in total. The first-order valence-electron chi connectivity index (χ1n) is 10.3. The lowest BCUT2D eigenvalue weighted by molar-refractivity contribution is -0.131. The van der Waals surface area contributed by atoms with Crippen LogP contribution in [0.2, 0.25) is 5.02 Å². The van der Waals surface area contributed by atoms with Crippen LogP contribution in [0.4, 0.5) is 0 Å². The molecule has 2 aliphatic rings. The molecule has 154 valence electrons. The van der Waals surface area contributed by atoms with Crippen molar-refractivity contribution in [1.29, 1.82) is 0 Å². The second kappa shape index (κ2) is 9.16. The summed E-state index contributed by atoms with van der Waals surface area (Å²) in [6, 6.07) is 16.4. The normalized spacial score (nSPS) is 21.8.